The molecule has 3 aromatic carbocycles. The van der Waals surface area contributed by atoms with Crippen molar-refractivity contribution in [2.24, 2.45) is 0 Å². The Hall–Kier alpha value is -4.59. The lowest BCUT2D eigenvalue weighted by Gasteiger charge is -2.32. The van der Waals surface area contributed by atoms with Gasteiger partial charge in [0.25, 0.3) is 0 Å². The second kappa shape index (κ2) is 13.4. The molecule has 4 aromatic rings. The van der Waals surface area contributed by atoms with Gasteiger partial charge >= 0.3 is 0 Å². The lowest BCUT2D eigenvalue weighted by atomic mass is 10.0. The molecule has 5 rings (SSSR count). The molecule has 1 saturated heterocycles. The molecular weight excluding hydrogens is 577 g/mol. The highest BCUT2D eigenvalue weighted by Gasteiger charge is 2.22. The Morgan fingerprint density at radius 3 is 2.39 bits per heavy atom. The van der Waals surface area contributed by atoms with Crippen molar-refractivity contribution in [3.8, 4) is 28.8 Å². The second-order valence-electron chi connectivity index (χ2n) is 11.1. The molecule has 0 atom stereocenters. The maximum Gasteiger partial charge on any atom is 0.232 e. The van der Waals surface area contributed by atoms with Crippen molar-refractivity contribution in [1.82, 2.24) is 14.9 Å². The molecule has 0 amide bonds. The number of nitrogens with one attached hydrogen (secondary N) is 1. The first-order valence-electron chi connectivity index (χ1n) is 14.4. The van der Waals surface area contributed by atoms with Crippen molar-refractivity contribution < 1.29 is 17.5 Å². The van der Waals surface area contributed by atoms with E-state index in [2.05, 4.69) is 15.2 Å². The van der Waals surface area contributed by atoms with Crippen LogP contribution >= 0.6 is 0 Å². The van der Waals surface area contributed by atoms with Crippen molar-refractivity contribution in [2.75, 3.05) is 24.7 Å². The van der Waals surface area contributed by atoms with Gasteiger partial charge in [0.1, 0.15) is 11.6 Å². The number of nitrogens with zero attached hydrogens (tertiary/aromatic N) is 4. The number of sulfone groups is 1. The summed E-state index contributed by atoms with van der Waals surface area (Å²) in [6.45, 7) is 6.29. The Balaban J connectivity index is 1.32. The topological polar surface area (TPSA) is 108 Å². The third-order valence-electron chi connectivity index (χ3n) is 7.63. The van der Waals surface area contributed by atoms with Crippen molar-refractivity contribution in [2.45, 2.75) is 44.2 Å². The number of hydrogen-bond acceptors (Lipinski definition) is 8. The van der Waals surface area contributed by atoms with Crippen molar-refractivity contribution >= 4 is 21.9 Å². The number of aromatic nitrogens is 2. The smallest absolute Gasteiger partial charge is 0.232 e. The number of nitriles is 1. The zero-order chi connectivity index (χ0) is 31.3. The summed E-state index contributed by atoms with van der Waals surface area (Å²) >= 11 is 0. The summed E-state index contributed by atoms with van der Waals surface area (Å²) in [7, 11) is -3.21. The summed E-state index contributed by atoms with van der Waals surface area (Å²) in [5.74, 6) is 0.859. The predicted molar refractivity (Wildman–Crippen MR) is 170 cm³/mol. The summed E-state index contributed by atoms with van der Waals surface area (Å²) in [5, 5.41) is 12.3. The molecule has 0 bridgehead atoms. The number of rotatable bonds is 9. The molecule has 1 fully saturated rings. The van der Waals surface area contributed by atoms with Crippen molar-refractivity contribution in [1.29, 1.82) is 5.26 Å². The summed E-state index contributed by atoms with van der Waals surface area (Å²) in [4.78, 5) is 11.9. The summed E-state index contributed by atoms with van der Waals surface area (Å²) in [6.07, 6.45) is 7.70. The van der Waals surface area contributed by atoms with Gasteiger partial charge in [-0.3, -0.25) is 4.90 Å². The van der Waals surface area contributed by atoms with Crippen LogP contribution in [0.5, 0.6) is 11.6 Å². The molecule has 1 aromatic heterocycles. The standard InChI is InChI=1S/C34H34FN5O3S/c1-23-19-26(7-6-16-36)20-24(2)32(23)43-33-30(29-8-4-5-9-31(29)35)21-37-34(39-33)38-27-14-17-40(18-15-27)22-25-10-12-28(13-11-25)44(3,41)42/h4-13,19-21,27H,14-15,17-18,22H2,1-3H3,(H,37,38,39)/b7-6+. The lowest BCUT2D eigenvalue weighted by Crippen LogP contribution is -2.39. The van der Waals surface area contributed by atoms with Gasteiger partial charge in [0, 0.05) is 49.8 Å². The van der Waals surface area contributed by atoms with E-state index in [1.807, 2.05) is 44.2 Å². The van der Waals surface area contributed by atoms with E-state index in [9.17, 15) is 12.8 Å². The maximum atomic E-state index is 14.9. The fourth-order valence-electron chi connectivity index (χ4n) is 5.37. The molecule has 8 nitrogen and oxygen atoms in total. The SMILES string of the molecule is Cc1cc(/C=C/C#N)cc(C)c1Oc1nc(NC2CCN(Cc3ccc(S(C)(=O)=O)cc3)CC2)ncc1-c1ccccc1F. The van der Waals surface area contributed by atoms with Crippen molar-refractivity contribution in [3.63, 3.8) is 0 Å². The number of halogens is 1. The number of benzene rings is 3. The van der Waals surface area contributed by atoms with Crippen LogP contribution in [-0.4, -0.2) is 48.7 Å². The Morgan fingerprint density at radius 1 is 1.07 bits per heavy atom. The van der Waals surface area contributed by atoms with Crippen LogP contribution in [0.1, 0.15) is 35.1 Å². The molecule has 0 saturated carbocycles. The Labute approximate surface area is 257 Å². The molecule has 226 valence electrons. The minimum absolute atomic E-state index is 0.140. The first kappa shape index (κ1) is 30.9. The minimum atomic E-state index is -3.21. The zero-order valence-electron chi connectivity index (χ0n) is 24.9. The van der Waals surface area contributed by atoms with Gasteiger partial charge in [0.2, 0.25) is 11.8 Å². The van der Waals surface area contributed by atoms with Gasteiger partial charge in [-0.2, -0.15) is 10.2 Å². The number of allylic oxidation sites excluding steroid dienone is 1. The van der Waals surface area contributed by atoms with Gasteiger partial charge in [-0.05, 0) is 85.4 Å². The van der Waals surface area contributed by atoms with Gasteiger partial charge in [0.05, 0.1) is 16.5 Å². The predicted octanol–water partition coefficient (Wildman–Crippen LogP) is 6.71. The molecule has 1 N–H and O–H groups in total. The monoisotopic (exact) mass is 611 g/mol. The quantitative estimate of drug-likeness (QED) is 0.208. The molecule has 44 heavy (non-hydrogen) atoms. The van der Waals surface area contributed by atoms with E-state index in [-0.39, 0.29) is 11.9 Å². The number of hydrogen-bond donors (Lipinski definition) is 1. The average Bonchev–Trinajstić information content (AvgIpc) is 2.99. The molecule has 0 unspecified atom stereocenters. The number of likely N-dealkylation sites (tertiary alicyclic amines) is 1. The summed E-state index contributed by atoms with van der Waals surface area (Å²) in [6, 6.07) is 19.5. The van der Waals surface area contributed by atoms with E-state index in [0.29, 0.717) is 27.7 Å². The first-order chi connectivity index (χ1) is 21.1. The third-order valence-corrected chi connectivity index (χ3v) is 8.76. The van der Waals surface area contributed by atoms with E-state index in [4.69, 9.17) is 15.0 Å². The molecule has 1 aliphatic heterocycles. The van der Waals surface area contributed by atoms with Crippen LogP contribution in [-0.2, 0) is 16.4 Å². The van der Waals surface area contributed by atoms with Crippen LogP contribution in [0.3, 0.4) is 0 Å². The van der Waals surface area contributed by atoms with Crippen LogP contribution in [0, 0.1) is 31.0 Å². The Kier molecular flexibility index (Phi) is 9.37. The normalized spacial score (nSPS) is 14.4. The number of anilines is 1. The molecule has 0 radical (unpaired) electrons. The lowest BCUT2D eigenvalue weighted by molar-refractivity contribution is 0.211. The third kappa shape index (κ3) is 7.48. The van der Waals surface area contributed by atoms with Crippen LogP contribution < -0.4 is 10.1 Å². The molecule has 0 spiro atoms. The Bertz CT molecular complexity index is 1800. The van der Waals surface area contributed by atoms with Gasteiger partial charge in [-0.15, -0.1) is 0 Å². The molecule has 1 aliphatic rings. The van der Waals surface area contributed by atoms with Gasteiger partial charge in [-0.25, -0.2) is 17.8 Å². The van der Waals surface area contributed by atoms with E-state index in [1.165, 1.54) is 18.4 Å². The Morgan fingerprint density at radius 2 is 1.75 bits per heavy atom. The highest BCUT2D eigenvalue weighted by molar-refractivity contribution is 7.90. The fraction of sp³-hybridized carbons (Fsp3) is 0.265. The molecule has 10 heteroatoms. The highest BCUT2D eigenvalue weighted by atomic mass is 32.2. The van der Waals surface area contributed by atoms with E-state index in [0.717, 1.165) is 54.7 Å². The fourth-order valence-corrected chi connectivity index (χ4v) is 6.00. The molecular formula is C34H34FN5O3S. The van der Waals surface area contributed by atoms with Crippen LogP contribution in [0.15, 0.2) is 77.8 Å². The summed E-state index contributed by atoms with van der Waals surface area (Å²) in [5.41, 5.74) is 4.44. The highest BCUT2D eigenvalue weighted by Crippen LogP contribution is 2.36. The number of ether oxygens (including phenoxy) is 1. The van der Waals surface area contributed by atoms with E-state index < -0.39 is 15.7 Å². The van der Waals surface area contributed by atoms with E-state index >= 15 is 0 Å². The summed E-state index contributed by atoms with van der Waals surface area (Å²) < 4.78 is 44.8. The van der Waals surface area contributed by atoms with E-state index in [1.54, 1.807) is 42.6 Å². The number of aryl methyl sites for hydroxylation is 2. The largest absolute Gasteiger partial charge is 0.438 e. The zero-order valence-corrected chi connectivity index (χ0v) is 25.7. The maximum absolute atomic E-state index is 14.9. The van der Waals surface area contributed by atoms with Crippen LogP contribution in [0.4, 0.5) is 10.3 Å². The minimum Gasteiger partial charge on any atom is -0.438 e. The second-order valence-corrected chi connectivity index (χ2v) is 13.1. The van der Waals surface area contributed by atoms with Gasteiger partial charge in [0.15, 0.2) is 9.84 Å². The average molecular weight is 612 g/mol. The van der Waals surface area contributed by atoms with Gasteiger partial charge < -0.3 is 10.1 Å². The van der Waals surface area contributed by atoms with Gasteiger partial charge in [-0.1, -0.05) is 30.3 Å². The molecule has 0 aliphatic carbocycles. The molecule has 2 heterocycles. The van der Waals surface area contributed by atoms with Crippen molar-refractivity contribution in [3.05, 3.63) is 101 Å². The number of piperidine rings is 1. The van der Waals surface area contributed by atoms with Crippen LogP contribution in [0.25, 0.3) is 17.2 Å². The first-order valence-corrected chi connectivity index (χ1v) is 16.2. The van der Waals surface area contributed by atoms with Crippen LogP contribution in [0.2, 0.25) is 0 Å².